The largest absolute Gasteiger partial charge is 0.382 e. The highest BCUT2D eigenvalue weighted by molar-refractivity contribution is 5.99. The van der Waals surface area contributed by atoms with Gasteiger partial charge in [0.25, 0.3) is 0 Å². The molecule has 12 heavy (non-hydrogen) atoms. The van der Waals surface area contributed by atoms with Crippen LogP contribution in [0.5, 0.6) is 0 Å². The highest BCUT2D eigenvalue weighted by Gasteiger charge is 2.53. The first kappa shape index (κ1) is 7.95. The maximum absolute atomic E-state index is 11.3. The summed E-state index contributed by atoms with van der Waals surface area (Å²) < 4.78 is 5.32. The van der Waals surface area contributed by atoms with E-state index >= 15 is 0 Å². The van der Waals surface area contributed by atoms with E-state index in [0.29, 0.717) is 6.42 Å². The van der Waals surface area contributed by atoms with Crippen molar-refractivity contribution in [1.29, 1.82) is 0 Å². The van der Waals surface area contributed by atoms with Crippen LogP contribution in [0.4, 0.5) is 0 Å². The van der Waals surface area contributed by atoms with E-state index in [0.717, 1.165) is 5.57 Å². The van der Waals surface area contributed by atoms with Gasteiger partial charge in [0.05, 0.1) is 6.10 Å². The minimum atomic E-state index is -1.00. The molecule has 3 heteroatoms. The molecule has 0 aromatic heterocycles. The minimum absolute atomic E-state index is 0.0207. The summed E-state index contributed by atoms with van der Waals surface area (Å²) in [4.78, 5) is 11.3. The van der Waals surface area contributed by atoms with Crippen molar-refractivity contribution < 1.29 is 14.6 Å². The van der Waals surface area contributed by atoms with Crippen LogP contribution in [-0.2, 0) is 9.53 Å². The Morgan fingerprint density at radius 1 is 1.75 bits per heavy atom. The fraction of sp³-hybridized carbons (Fsp3) is 0.667. The third-order valence-corrected chi connectivity index (χ3v) is 2.70. The van der Waals surface area contributed by atoms with Crippen LogP contribution < -0.4 is 0 Å². The van der Waals surface area contributed by atoms with Gasteiger partial charge in [0.2, 0.25) is 0 Å². The lowest BCUT2D eigenvalue weighted by Crippen LogP contribution is -2.38. The van der Waals surface area contributed by atoms with E-state index in [2.05, 4.69) is 0 Å². The summed E-state index contributed by atoms with van der Waals surface area (Å²) in [7, 11) is 0. The smallest absolute Gasteiger partial charge is 0.187 e. The van der Waals surface area contributed by atoms with E-state index in [1.807, 2.05) is 6.92 Å². The van der Waals surface area contributed by atoms with Gasteiger partial charge < -0.3 is 9.84 Å². The molecule has 0 bridgehead atoms. The average Bonchev–Trinajstić information content (AvgIpc) is 2.34. The SMILES string of the molecule is CC1=CC(=O)C2OC(C)CC12O. The second-order valence-electron chi connectivity index (χ2n) is 3.68. The fourth-order valence-electron chi connectivity index (χ4n) is 2.02. The Balaban J connectivity index is 2.38. The van der Waals surface area contributed by atoms with Gasteiger partial charge in [-0.15, -0.1) is 0 Å². The number of rotatable bonds is 0. The number of carbonyl (C=O) groups is 1. The first-order valence-corrected chi connectivity index (χ1v) is 4.14. The number of ketones is 1. The van der Waals surface area contributed by atoms with E-state index < -0.39 is 11.7 Å². The van der Waals surface area contributed by atoms with Crippen molar-refractivity contribution in [3.05, 3.63) is 11.6 Å². The molecule has 1 heterocycles. The van der Waals surface area contributed by atoms with Gasteiger partial charge in [0.1, 0.15) is 5.60 Å². The predicted octanol–water partition coefficient (Wildman–Crippen LogP) is 0.424. The van der Waals surface area contributed by atoms with Crippen molar-refractivity contribution in [2.24, 2.45) is 0 Å². The molecule has 1 N–H and O–H groups in total. The molecule has 1 aliphatic heterocycles. The van der Waals surface area contributed by atoms with E-state index in [-0.39, 0.29) is 11.9 Å². The lowest BCUT2D eigenvalue weighted by molar-refractivity contribution is -0.129. The van der Waals surface area contributed by atoms with Gasteiger partial charge in [-0.1, -0.05) is 0 Å². The molecule has 3 unspecified atom stereocenters. The molecular formula is C9H12O3. The van der Waals surface area contributed by atoms with Crippen LogP contribution in [-0.4, -0.2) is 28.7 Å². The number of carbonyl (C=O) groups excluding carboxylic acids is 1. The number of hydrogen-bond acceptors (Lipinski definition) is 3. The molecule has 0 aromatic carbocycles. The van der Waals surface area contributed by atoms with Gasteiger partial charge in [0, 0.05) is 6.42 Å². The summed E-state index contributed by atoms with van der Waals surface area (Å²) >= 11 is 0. The van der Waals surface area contributed by atoms with E-state index in [1.165, 1.54) is 6.08 Å². The molecule has 0 amide bonds. The predicted molar refractivity (Wildman–Crippen MR) is 42.7 cm³/mol. The van der Waals surface area contributed by atoms with Crippen LogP contribution in [0.1, 0.15) is 20.3 Å². The molecule has 3 nitrogen and oxygen atoms in total. The van der Waals surface area contributed by atoms with Gasteiger partial charge in [-0.05, 0) is 25.5 Å². The average molecular weight is 168 g/mol. The van der Waals surface area contributed by atoms with Crippen LogP contribution in [0, 0.1) is 0 Å². The second kappa shape index (κ2) is 2.18. The van der Waals surface area contributed by atoms with Crippen LogP contribution in [0.15, 0.2) is 11.6 Å². The van der Waals surface area contributed by atoms with Crippen LogP contribution >= 0.6 is 0 Å². The van der Waals surface area contributed by atoms with Crippen molar-refractivity contribution in [3.63, 3.8) is 0 Å². The van der Waals surface area contributed by atoms with E-state index in [9.17, 15) is 9.90 Å². The molecule has 0 spiro atoms. The molecule has 2 rings (SSSR count). The maximum atomic E-state index is 11.3. The summed E-state index contributed by atoms with van der Waals surface area (Å²) in [5.74, 6) is -0.0978. The zero-order valence-corrected chi connectivity index (χ0v) is 7.20. The highest BCUT2D eigenvalue weighted by atomic mass is 16.5. The Morgan fingerprint density at radius 3 is 3.00 bits per heavy atom. The quantitative estimate of drug-likeness (QED) is 0.570. The number of fused-ring (bicyclic) bond motifs is 1. The summed E-state index contributed by atoms with van der Waals surface area (Å²) in [5, 5.41) is 10.0. The first-order valence-electron chi connectivity index (χ1n) is 4.14. The Bertz CT molecular complexity index is 269. The van der Waals surface area contributed by atoms with Crippen molar-refractivity contribution in [1.82, 2.24) is 0 Å². The second-order valence-corrected chi connectivity index (χ2v) is 3.68. The first-order chi connectivity index (χ1) is 5.54. The topological polar surface area (TPSA) is 46.5 Å². The van der Waals surface area contributed by atoms with Crippen LogP contribution in [0.2, 0.25) is 0 Å². The Morgan fingerprint density at radius 2 is 2.42 bits per heavy atom. The zero-order chi connectivity index (χ0) is 8.93. The van der Waals surface area contributed by atoms with Gasteiger partial charge >= 0.3 is 0 Å². The lowest BCUT2D eigenvalue weighted by Gasteiger charge is -2.21. The van der Waals surface area contributed by atoms with Crippen LogP contribution in [0.25, 0.3) is 0 Å². The summed E-state index contributed by atoms with van der Waals surface area (Å²) in [5.41, 5.74) is -0.266. The van der Waals surface area contributed by atoms with Crippen molar-refractivity contribution in [2.75, 3.05) is 0 Å². The molecule has 0 saturated carbocycles. The summed E-state index contributed by atoms with van der Waals surface area (Å²) in [6.07, 6.45) is 1.36. The van der Waals surface area contributed by atoms with Crippen molar-refractivity contribution in [3.8, 4) is 0 Å². The minimum Gasteiger partial charge on any atom is -0.382 e. The number of aliphatic hydroxyl groups is 1. The maximum Gasteiger partial charge on any atom is 0.187 e. The van der Waals surface area contributed by atoms with Crippen LogP contribution in [0.3, 0.4) is 0 Å². The van der Waals surface area contributed by atoms with Crippen molar-refractivity contribution in [2.45, 2.75) is 38.1 Å². The third-order valence-electron chi connectivity index (χ3n) is 2.70. The molecular weight excluding hydrogens is 156 g/mol. The van der Waals surface area contributed by atoms with Crippen molar-refractivity contribution >= 4 is 5.78 Å². The third kappa shape index (κ3) is 0.807. The molecule has 3 atom stereocenters. The van der Waals surface area contributed by atoms with Gasteiger partial charge in [-0.25, -0.2) is 0 Å². The monoisotopic (exact) mass is 168 g/mol. The molecule has 1 saturated heterocycles. The molecule has 66 valence electrons. The Hall–Kier alpha value is -0.670. The fourth-order valence-corrected chi connectivity index (χ4v) is 2.02. The van der Waals surface area contributed by atoms with Gasteiger partial charge in [-0.3, -0.25) is 4.79 Å². The van der Waals surface area contributed by atoms with E-state index in [1.54, 1.807) is 6.92 Å². The van der Waals surface area contributed by atoms with Gasteiger partial charge in [-0.2, -0.15) is 0 Å². The molecule has 0 aromatic rings. The molecule has 0 radical (unpaired) electrons. The normalized spacial score (nSPS) is 46.2. The standard InChI is InChI=1S/C9H12O3/c1-5-3-7(10)8-9(5,11)4-6(2)12-8/h3,6,8,11H,4H2,1-2H3. The molecule has 1 fully saturated rings. The molecule has 1 aliphatic carbocycles. The zero-order valence-electron chi connectivity index (χ0n) is 7.20. The van der Waals surface area contributed by atoms with Gasteiger partial charge in [0.15, 0.2) is 11.9 Å². The highest BCUT2D eigenvalue weighted by Crippen LogP contribution is 2.40. The van der Waals surface area contributed by atoms with E-state index in [4.69, 9.17) is 4.74 Å². The number of ether oxygens (including phenoxy) is 1. The molecule has 2 aliphatic rings. The Labute approximate surface area is 71.0 Å². The lowest BCUT2D eigenvalue weighted by atomic mass is 9.91. The Kier molecular flexibility index (Phi) is 1.44. The summed E-state index contributed by atoms with van der Waals surface area (Å²) in [6, 6.07) is 0. The summed E-state index contributed by atoms with van der Waals surface area (Å²) in [6.45, 7) is 3.65. The number of hydrogen-bond donors (Lipinski definition) is 1.